The van der Waals surface area contributed by atoms with Gasteiger partial charge >= 0.3 is 0 Å². The Morgan fingerprint density at radius 1 is 0.950 bits per heavy atom. The summed E-state index contributed by atoms with van der Waals surface area (Å²) in [4.78, 5) is 28.2. The van der Waals surface area contributed by atoms with Gasteiger partial charge in [0.05, 0.1) is 24.8 Å². The van der Waals surface area contributed by atoms with Crippen LogP contribution >= 0.6 is 11.6 Å². The summed E-state index contributed by atoms with van der Waals surface area (Å²) in [6.45, 7) is 3.52. The molecule has 0 aromatic heterocycles. The third-order valence-corrected chi connectivity index (χ3v) is 8.27. The molecule has 3 rings (SSSR count). The van der Waals surface area contributed by atoms with E-state index in [4.69, 9.17) is 21.1 Å². The molecule has 0 saturated carbocycles. The van der Waals surface area contributed by atoms with E-state index >= 15 is 0 Å². The summed E-state index contributed by atoms with van der Waals surface area (Å²) in [5.74, 6) is 0.234. The Morgan fingerprint density at radius 3 is 2.10 bits per heavy atom. The first kappa shape index (κ1) is 30.8. The van der Waals surface area contributed by atoms with Gasteiger partial charge in [0.25, 0.3) is 10.0 Å². The van der Waals surface area contributed by atoms with E-state index < -0.39 is 28.5 Å². The third-order valence-electron chi connectivity index (χ3n) is 6.25. The predicted molar refractivity (Wildman–Crippen MR) is 155 cm³/mol. The van der Waals surface area contributed by atoms with E-state index in [-0.39, 0.29) is 23.0 Å². The number of carbonyl (C=O) groups excluding carboxylic acids is 2. The van der Waals surface area contributed by atoms with Crippen LogP contribution in [0, 0.1) is 0 Å². The van der Waals surface area contributed by atoms with Gasteiger partial charge in [-0.25, -0.2) is 8.42 Å². The summed E-state index contributed by atoms with van der Waals surface area (Å²) in [6.07, 6.45) is 0.730. The van der Waals surface area contributed by atoms with Crippen LogP contribution in [0.5, 0.6) is 11.5 Å². The second-order valence-corrected chi connectivity index (χ2v) is 11.3. The summed E-state index contributed by atoms with van der Waals surface area (Å²) in [5.41, 5.74) is 0.959. The van der Waals surface area contributed by atoms with Gasteiger partial charge in [-0.3, -0.25) is 13.9 Å². The van der Waals surface area contributed by atoms with Crippen LogP contribution in [0.4, 0.5) is 5.69 Å². The number of amides is 2. The fraction of sp³-hybridized carbons (Fsp3) is 0.310. The Kier molecular flexibility index (Phi) is 10.8. The highest BCUT2D eigenvalue weighted by molar-refractivity contribution is 7.92. The van der Waals surface area contributed by atoms with Gasteiger partial charge < -0.3 is 19.7 Å². The van der Waals surface area contributed by atoms with E-state index in [9.17, 15) is 18.0 Å². The van der Waals surface area contributed by atoms with Crippen molar-refractivity contribution in [3.63, 3.8) is 0 Å². The van der Waals surface area contributed by atoms with Gasteiger partial charge in [-0.2, -0.15) is 0 Å². The van der Waals surface area contributed by atoms with Crippen LogP contribution in [0.1, 0.15) is 25.8 Å². The molecule has 0 heterocycles. The fourth-order valence-electron chi connectivity index (χ4n) is 3.94. The van der Waals surface area contributed by atoms with Crippen LogP contribution in [0.2, 0.25) is 5.02 Å². The number of benzene rings is 3. The van der Waals surface area contributed by atoms with E-state index in [1.165, 1.54) is 42.3 Å². The van der Waals surface area contributed by atoms with Crippen molar-refractivity contribution >= 4 is 39.1 Å². The van der Waals surface area contributed by atoms with Crippen molar-refractivity contribution in [2.45, 2.75) is 37.8 Å². The number of hydrogen-bond donors (Lipinski definition) is 1. The topological polar surface area (TPSA) is 105 Å². The van der Waals surface area contributed by atoms with Crippen LogP contribution in [0.25, 0.3) is 0 Å². The minimum absolute atomic E-state index is 0.0310. The Balaban J connectivity index is 2.01. The van der Waals surface area contributed by atoms with Crippen molar-refractivity contribution in [3.05, 3.63) is 83.4 Å². The molecule has 0 spiro atoms. The number of ether oxygens (including phenoxy) is 2. The van der Waals surface area contributed by atoms with Crippen molar-refractivity contribution < 1.29 is 27.5 Å². The second kappa shape index (κ2) is 14.0. The van der Waals surface area contributed by atoms with Crippen molar-refractivity contribution in [1.82, 2.24) is 10.2 Å². The SMILES string of the molecule is CCCNC(=O)[C@@H](C)N(Cc1ccc(OC)cc1)C(=O)CN(c1cccc(Cl)c1)S(=O)(=O)c1ccc(OC)cc1. The van der Waals surface area contributed by atoms with Gasteiger partial charge in [-0.1, -0.05) is 36.7 Å². The highest BCUT2D eigenvalue weighted by Gasteiger charge is 2.32. The van der Waals surface area contributed by atoms with Crippen LogP contribution in [-0.2, 0) is 26.2 Å². The lowest BCUT2D eigenvalue weighted by Gasteiger charge is -2.32. The highest BCUT2D eigenvalue weighted by atomic mass is 35.5. The van der Waals surface area contributed by atoms with E-state index in [0.717, 1.165) is 16.3 Å². The van der Waals surface area contributed by atoms with Crippen molar-refractivity contribution in [3.8, 4) is 11.5 Å². The maximum Gasteiger partial charge on any atom is 0.264 e. The number of sulfonamides is 1. The summed E-state index contributed by atoms with van der Waals surface area (Å²) < 4.78 is 39.1. The average molecular weight is 588 g/mol. The molecule has 3 aromatic rings. The molecule has 1 N–H and O–H groups in total. The lowest BCUT2D eigenvalue weighted by Crippen LogP contribution is -2.51. The molecule has 0 aliphatic heterocycles. The number of methoxy groups -OCH3 is 2. The van der Waals surface area contributed by atoms with Crippen LogP contribution in [-0.4, -0.2) is 58.5 Å². The summed E-state index contributed by atoms with van der Waals surface area (Å²) >= 11 is 6.20. The van der Waals surface area contributed by atoms with E-state index in [0.29, 0.717) is 23.1 Å². The van der Waals surface area contributed by atoms with Gasteiger partial charge in [0.1, 0.15) is 24.1 Å². The third kappa shape index (κ3) is 7.67. The highest BCUT2D eigenvalue weighted by Crippen LogP contribution is 2.28. The number of nitrogens with one attached hydrogen (secondary N) is 1. The zero-order valence-corrected chi connectivity index (χ0v) is 24.5. The molecular weight excluding hydrogens is 554 g/mol. The molecule has 0 unspecified atom stereocenters. The van der Waals surface area contributed by atoms with E-state index in [1.54, 1.807) is 56.5 Å². The molecule has 214 valence electrons. The first-order chi connectivity index (χ1) is 19.1. The van der Waals surface area contributed by atoms with Crippen LogP contribution in [0.3, 0.4) is 0 Å². The van der Waals surface area contributed by atoms with Crippen molar-refractivity contribution in [1.29, 1.82) is 0 Å². The Hall–Kier alpha value is -3.76. The normalized spacial score (nSPS) is 11.8. The van der Waals surface area contributed by atoms with Gasteiger partial charge in [0, 0.05) is 18.1 Å². The minimum Gasteiger partial charge on any atom is -0.497 e. The Morgan fingerprint density at radius 2 is 1.55 bits per heavy atom. The number of carbonyl (C=O) groups is 2. The molecule has 0 aliphatic rings. The maximum atomic E-state index is 13.9. The molecule has 0 saturated heterocycles. The van der Waals surface area contributed by atoms with E-state index in [2.05, 4.69) is 5.32 Å². The standard InChI is InChI=1S/C29H34ClN3O6S/c1-5-17-31-29(35)21(2)32(19-22-9-11-25(38-3)12-10-22)28(34)20-33(24-8-6-7-23(30)18-24)40(36,37)27-15-13-26(39-4)14-16-27/h6-16,18,21H,5,17,19-20H2,1-4H3,(H,31,35)/t21-/m1/s1. The molecule has 1 atom stereocenters. The van der Waals surface area contributed by atoms with Gasteiger partial charge in [-0.15, -0.1) is 0 Å². The molecule has 0 aliphatic carbocycles. The summed E-state index contributed by atoms with van der Waals surface area (Å²) in [5, 5.41) is 3.12. The molecule has 2 amide bonds. The molecular formula is C29H34ClN3O6S. The van der Waals surface area contributed by atoms with E-state index in [1.807, 2.05) is 6.92 Å². The molecule has 3 aromatic carbocycles. The fourth-order valence-corrected chi connectivity index (χ4v) is 5.53. The predicted octanol–water partition coefficient (Wildman–Crippen LogP) is 4.50. The second-order valence-electron chi connectivity index (χ2n) is 9.00. The number of anilines is 1. The smallest absolute Gasteiger partial charge is 0.264 e. The van der Waals surface area contributed by atoms with Gasteiger partial charge in [0.2, 0.25) is 11.8 Å². The zero-order chi connectivity index (χ0) is 29.3. The zero-order valence-electron chi connectivity index (χ0n) is 23.0. The summed E-state index contributed by atoms with van der Waals surface area (Å²) in [6, 6.07) is 18.4. The lowest BCUT2D eigenvalue weighted by atomic mass is 10.1. The van der Waals surface area contributed by atoms with Crippen LogP contribution < -0.4 is 19.1 Å². The van der Waals surface area contributed by atoms with Crippen molar-refractivity contribution in [2.24, 2.45) is 0 Å². The quantitative estimate of drug-likeness (QED) is 0.316. The van der Waals surface area contributed by atoms with Crippen LogP contribution in [0.15, 0.2) is 77.7 Å². The Bertz CT molecular complexity index is 1400. The first-order valence-electron chi connectivity index (χ1n) is 12.7. The lowest BCUT2D eigenvalue weighted by molar-refractivity contribution is -0.139. The minimum atomic E-state index is -4.21. The van der Waals surface area contributed by atoms with Gasteiger partial charge in [-0.05, 0) is 73.5 Å². The number of rotatable bonds is 13. The number of halogens is 1. The summed E-state index contributed by atoms with van der Waals surface area (Å²) in [7, 11) is -1.18. The molecule has 11 heteroatoms. The number of nitrogens with zero attached hydrogens (tertiary/aromatic N) is 2. The average Bonchev–Trinajstić information content (AvgIpc) is 2.97. The molecule has 0 radical (unpaired) electrons. The van der Waals surface area contributed by atoms with Gasteiger partial charge in [0.15, 0.2) is 0 Å². The largest absolute Gasteiger partial charge is 0.497 e. The Labute approximate surface area is 240 Å². The first-order valence-corrected chi connectivity index (χ1v) is 14.5. The molecule has 40 heavy (non-hydrogen) atoms. The maximum absolute atomic E-state index is 13.9. The molecule has 9 nitrogen and oxygen atoms in total. The monoisotopic (exact) mass is 587 g/mol. The molecule has 0 bridgehead atoms. The van der Waals surface area contributed by atoms with Crippen molar-refractivity contribution in [2.75, 3.05) is 31.6 Å². The number of hydrogen-bond acceptors (Lipinski definition) is 6. The molecule has 0 fully saturated rings.